The van der Waals surface area contributed by atoms with E-state index in [2.05, 4.69) is 45.9 Å². The van der Waals surface area contributed by atoms with Gasteiger partial charge in [0.25, 0.3) is 0 Å². The lowest BCUT2D eigenvalue weighted by Crippen LogP contribution is -2.55. The van der Waals surface area contributed by atoms with Crippen LogP contribution in [0.25, 0.3) is 0 Å². The highest BCUT2D eigenvalue weighted by atomic mass is 16.8. The van der Waals surface area contributed by atoms with Gasteiger partial charge in [-0.15, -0.1) is 0 Å². The monoisotopic (exact) mass is 318 g/mol. The van der Waals surface area contributed by atoms with E-state index < -0.39 is 11.8 Å². The highest BCUT2D eigenvalue weighted by Gasteiger charge is 2.62. The number of ether oxygens (including phenoxy) is 2. The molecule has 0 unspecified atom stereocenters. The molecule has 2 aliphatic carbocycles. The molecule has 128 valence electrons. The second-order valence-electron chi connectivity index (χ2n) is 8.30. The summed E-state index contributed by atoms with van der Waals surface area (Å²) in [6.45, 7) is 8.90. The standard InChI is InChI=1S/C20H30O3/c1-5-6-14-20-16(22-17(21)23-20)15-10-7-8-12-19(15,4)13-9-11-18(20,2)3/h9-10,13,16H,5-8,11-12,14H2,1-4H3/b13-9-/t16-,19+,20-/m1/s1. The molecule has 0 aromatic carbocycles. The maximum atomic E-state index is 12.2. The van der Waals surface area contributed by atoms with Gasteiger partial charge in [-0.25, -0.2) is 4.79 Å². The Hall–Kier alpha value is -1.25. The van der Waals surface area contributed by atoms with E-state index >= 15 is 0 Å². The van der Waals surface area contributed by atoms with Gasteiger partial charge in [-0.1, -0.05) is 52.3 Å². The van der Waals surface area contributed by atoms with Crippen LogP contribution in [-0.4, -0.2) is 17.9 Å². The van der Waals surface area contributed by atoms with Crippen LogP contribution in [-0.2, 0) is 9.47 Å². The minimum atomic E-state index is -0.546. The van der Waals surface area contributed by atoms with Crippen LogP contribution in [0.15, 0.2) is 23.8 Å². The summed E-state index contributed by atoms with van der Waals surface area (Å²) in [6.07, 6.45) is 13.5. The SMILES string of the molecule is CCCC[C@@]12OC(=O)O[C@@H]1C1=CCCC[C@@]1(C)/C=C\CC2(C)C. The third kappa shape index (κ3) is 2.53. The molecule has 23 heavy (non-hydrogen) atoms. The van der Waals surface area contributed by atoms with Gasteiger partial charge in [0.2, 0.25) is 0 Å². The molecular weight excluding hydrogens is 288 g/mol. The zero-order valence-electron chi connectivity index (χ0n) is 15.0. The summed E-state index contributed by atoms with van der Waals surface area (Å²) in [4.78, 5) is 12.2. The average molecular weight is 318 g/mol. The molecule has 0 N–H and O–H groups in total. The number of fused-ring (bicyclic) bond motifs is 3. The van der Waals surface area contributed by atoms with Crippen LogP contribution >= 0.6 is 0 Å². The first-order valence-corrected chi connectivity index (χ1v) is 9.12. The van der Waals surface area contributed by atoms with Crippen molar-refractivity contribution in [2.75, 3.05) is 0 Å². The Kier molecular flexibility index (Phi) is 4.10. The molecule has 1 aliphatic heterocycles. The third-order valence-electron chi connectivity index (χ3n) is 6.27. The Morgan fingerprint density at radius 3 is 2.83 bits per heavy atom. The summed E-state index contributed by atoms with van der Waals surface area (Å²) < 4.78 is 11.8. The lowest BCUT2D eigenvalue weighted by Gasteiger charge is -2.49. The van der Waals surface area contributed by atoms with Crippen LogP contribution in [0.2, 0.25) is 0 Å². The summed E-state index contributed by atoms with van der Waals surface area (Å²) in [5.41, 5.74) is 0.560. The van der Waals surface area contributed by atoms with Gasteiger partial charge in [0.1, 0.15) is 0 Å². The van der Waals surface area contributed by atoms with Crippen molar-refractivity contribution in [2.45, 2.75) is 84.3 Å². The summed E-state index contributed by atoms with van der Waals surface area (Å²) in [5.74, 6) is 0. The summed E-state index contributed by atoms with van der Waals surface area (Å²) in [7, 11) is 0. The number of carbonyl (C=O) groups excluding carboxylic acids is 1. The molecule has 1 fully saturated rings. The van der Waals surface area contributed by atoms with Gasteiger partial charge in [-0.05, 0) is 44.1 Å². The summed E-state index contributed by atoms with van der Waals surface area (Å²) in [6, 6.07) is 0. The van der Waals surface area contributed by atoms with Crippen LogP contribution in [0.3, 0.4) is 0 Å². The Morgan fingerprint density at radius 1 is 1.30 bits per heavy atom. The van der Waals surface area contributed by atoms with E-state index in [0.29, 0.717) is 0 Å². The zero-order chi connectivity index (χ0) is 16.7. The molecule has 0 saturated carbocycles. The second kappa shape index (κ2) is 5.68. The van der Waals surface area contributed by atoms with Crippen molar-refractivity contribution in [3.05, 3.63) is 23.8 Å². The van der Waals surface area contributed by atoms with Gasteiger partial charge in [0.15, 0.2) is 11.7 Å². The molecule has 3 atom stereocenters. The van der Waals surface area contributed by atoms with E-state index in [1.165, 1.54) is 12.0 Å². The number of hydrogen-bond donors (Lipinski definition) is 0. The smallest absolute Gasteiger partial charge is 0.423 e. The Labute approximate surface area is 140 Å². The van der Waals surface area contributed by atoms with E-state index in [4.69, 9.17) is 9.47 Å². The van der Waals surface area contributed by atoms with Gasteiger partial charge in [-0.3, -0.25) is 0 Å². The Morgan fingerprint density at radius 2 is 2.09 bits per heavy atom. The molecule has 0 bridgehead atoms. The maximum absolute atomic E-state index is 12.2. The predicted molar refractivity (Wildman–Crippen MR) is 91.2 cm³/mol. The highest BCUT2D eigenvalue weighted by molar-refractivity contribution is 5.65. The molecule has 0 amide bonds. The molecule has 3 nitrogen and oxygen atoms in total. The number of unbranched alkanes of at least 4 members (excludes halogenated alkanes) is 1. The van der Waals surface area contributed by atoms with Crippen LogP contribution in [0.4, 0.5) is 4.79 Å². The molecule has 1 saturated heterocycles. The maximum Gasteiger partial charge on any atom is 0.509 e. The fourth-order valence-corrected chi connectivity index (χ4v) is 4.66. The van der Waals surface area contributed by atoms with Crippen LogP contribution in [0.1, 0.15) is 72.6 Å². The lowest BCUT2D eigenvalue weighted by atomic mass is 9.59. The lowest BCUT2D eigenvalue weighted by molar-refractivity contribution is -0.0740. The first kappa shape index (κ1) is 16.6. The van der Waals surface area contributed by atoms with Gasteiger partial charge in [-0.2, -0.15) is 0 Å². The topological polar surface area (TPSA) is 35.5 Å². The van der Waals surface area contributed by atoms with Gasteiger partial charge in [0.05, 0.1) is 0 Å². The van der Waals surface area contributed by atoms with E-state index in [1.807, 2.05) is 0 Å². The number of hydrogen-bond acceptors (Lipinski definition) is 3. The molecule has 1 heterocycles. The van der Waals surface area contributed by atoms with Crippen molar-refractivity contribution < 1.29 is 14.3 Å². The minimum absolute atomic E-state index is 0.00907. The molecule has 3 rings (SSSR count). The van der Waals surface area contributed by atoms with Crippen molar-refractivity contribution in [1.29, 1.82) is 0 Å². The van der Waals surface area contributed by atoms with Crippen molar-refractivity contribution in [3.63, 3.8) is 0 Å². The fraction of sp³-hybridized carbons (Fsp3) is 0.750. The first-order chi connectivity index (χ1) is 10.8. The second-order valence-corrected chi connectivity index (χ2v) is 8.30. The number of allylic oxidation sites excluding steroid dienone is 3. The Balaban J connectivity index is 2.13. The fourth-order valence-electron chi connectivity index (χ4n) is 4.66. The molecule has 0 spiro atoms. The summed E-state index contributed by atoms with van der Waals surface area (Å²) in [5, 5.41) is 0. The molecule has 0 aromatic rings. The van der Waals surface area contributed by atoms with Crippen molar-refractivity contribution >= 4 is 6.16 Å². The average Bonchev–Trinajstić information content (AvgIpc) is 2.82. The zero-order valence-corrected chi connectivity index (χ0v) is 15.0. The summed E-state index contributed by atoms with van der Waals surface area (Å²) >= 11 is 0. The first-order valence-electron chi connectivity index (χ1n) is 9.12. The largest absolute Gasteiger partial charge is 0.509 e. The van der Waals surface area contributed by atoms with Gasteiger partial charge < -0.3 is 9.47 Å². The molecule has 3 heteroatoms. The van der Waals surface area contributed by atoms with Crippen LogP contribution < -0.4 is 0 Å². The normalized spacial score (nSPS) is 39.9. The minimum Gasteiger partial charge on any atom is -0.423 e. The quantitative estimate of drug-likeness (QED) is 0.505. The van der Waals surface area contributed by atoms with Crippen molar-refractivity contribution in [2.24, 2.45) is 10.8 Å². The van der Waals surface area contributed by atoms with Crippen molar-refractivity contribution in [3.8, 4) is 0 Å². The molecule has 0 aromatic heterocycles. The predicted octanol–water partition coefficient (Wildman–Crippen LogP) is 5.55. The van der Waals surface area contributed by atoms with E-state index in [-0.39, 0.29) is 16.9 Å². The molecule has 0 radical (unpaired) electrons. The van der Waals surface area contributed by atoms with Crippen LogP contribution in [0.5, 0.6) is 0 Å². The Bertz CT molecular complexity index is 545. The van der Waals surface area contributed by atoms with E-state index in [0.717, 1.165) is 38.5 Å². The molecule has 3 aliphatic rings. The molecular formula is C20H30O3. The van der Waals surface area contributed by atoms with E-state index in [1.54, 1.807) is 0 Å². The van der Waals surface area contributed by atoms with Gasteiger partial charge in [0, 0.05) is 10.8 Å². The number of carbonyl (C=O) groups is 1. The van der Waals surface area contributed by atoms with Crippen molar-refractivity contribution in [1.82, 2.24) is 0 Å². The van der Waals surface area contributed by atoms with Crippen LogP contribution in [0, 0.1) is 10.8 Å². The van der Waals surface area contributed by atoms with E-state index in [9.17, 15) is 4.79 Å². The third-order valence-corrected chi connectivity index (χ3v) is 6.27. The van der Waals surface area contributed by atoms with Gasteiger partial charge >= 0.3 is 6.16 Å². The number of rotatable bonds is 3. The highest BCUT2D eigenvalue weighted by Crippen LogP contribution is 2.56.